The summed E-state index contributed by atoms with van der Waals surface area (Å²) in [5.74, 6) is 3.11. The van der Waals surface area contributed by atoms with Crippen molar-refractivity contribution in [2.45, 2.75) is 63.0 Å². The van der Waals surface area contributed by atoms with Crippen LogP contribution in [0.2, 0.25) is 0 Å². The highest BCUT2D eigenvalue weighted by Gasteiger charge is 2.08. The lowest BCUT2D eigenvalue weighted by molar-refractivity contribution is 0.739. The number of hydrogen-bond donors (Lipinski definition) is 0. The average Bonchev–Trinajstić information content (AvgIpc) is 2.96. The number of thioether (sulfide) groups is 1. The fourth-order valence-electron chi connectivity index (χ4n) is 2.43. The van der Waals surface area contributed by atoms with Crippen LogP contribution in [0, 0.1) is 0 Å². The van der Waals surface area contributed by atoms with Gasteiger partial charge < -0.3 is 0 Å². The quantitative estimate of drug-likeness (QED) is 0.480. The first-order chi connectivity index (χ1) is 10.5. The Balaban J connectivity index is 1.82. The van der Waals surface area contributed by atoms with Crippen molar-refractivity contribution in [2.24, 2.45) is 0 Å². The van der Waals surface area contributed by atoms with E-state index in [9.17, 15) is 0 Å². The highest BCUT2D eigenvalue weighted by atomic mass is 32.2. The van der Waals surface area contributed by atoms with E-state index in [4.69, 9.17) is 0 Å². The Morgan fingerprint density at radius 1 is 0.818 bits per heavy atom. The monoisotopic (exact) mass is 332 g/mol. The number of hydrogen-bond acceptors (Lipinski definition) is 2. The minimum absolute atomic E-state index is 0.619. The third-order valence-corrected chi connectivity index (χ3v) is 6.78. The van der Waals surface area contributed by atoms with Gasteiger partial charge in [-0.1, -0.05) is 58.9 Å². The Labute approximate surface area is 144 Å². The SMILES string of the molecule is CC(C)c1ccc(C(C)CCSc2ccc(C(C)C)s2)cc1. The van der Waals surface area contributed by atoms with Crippen molar-refractivity contribution in [3.8, 4) is 0 Å². The van der Waals surface area contributed by atoms with Gasteiger partial charge in [0.2, 0.25) is 0 Å². The first-order valence-corrected chi connectivity index (χ1v) is 10.1. The van der Waals surface area contributed by atoms with Gasteiger partial charge in [-0.15, -0.1) is 23.1 Å². The van der Waals surface area contributed by atoms with Gasteiger partial charge in [0.15, 0.2) is 0 Å². The summed E-state index contributed by atoms with van der Waals surface area (Å²) >= 11 is 3.96. The average molecular weight is 333 g/mol. The van der Waals surface area contributed by atoms with Gasteiger partial charge in [0.05, 0.1) is 4.21 Å². The lowest BCUT2D eigenvalue weighted by Gasteiger charge is -2.13. The maximum atomic E-state index is 2.35. The second-order valence-corrected chi connectivity index (χ2v) is 9.18. The molecule has 0 bridgehead atoms. The first kappa shape index (κ1) is 17.6. The number of benzene rings is 1. The molecule has 22 heavy (non-hydrogen) atoms. The smallest absolute Gasteiger partial charge is 0.0601 e. The van der Waals surface area contributed by atoms with Crippen molar-refractivity contribution < 1.29 is 0 Å². The second-order valence-electron chi connectivity index (χ2n) is 6.67. The Hall–Kier alpha value is -0.730. The first-order valence-electron chi connectivity index (χ1n) is 8.29. The van der Waals surface area contributed by atoms with Crippen LogP contribution >= 0.6 is 23.1 Å². The normalized spacial score (nSPS) is 13.0. The van der Waals surface area contributed by atoms with Crippen LogP contribution in [-0.2, 0) is 0 Å². The Bertz CT molecular complexity index is 564. The molecule has 1 aromatic carbocycles. The standard InChI is InChI=1S/C20H28S2/c1-14(2)17-6-8-18(9-7-17)16(5)12-13-21-20-11-10-19(22-20)15(3)4/h6-11,14-16H,12-13H2,1-5H3. The summed E-state index contributed by atoms with van der Waals surface area (Å²) in [4.78, 5) is 1.50. The molecule has 1 unspecified atom stereocenters. The van der Waals surface area contributed by atoms with Gasteiger partial charge in [-0.05, 0) is 53.2 Å². The van der Waals surface area contributed by atoms with Crippen molar-refractivity contribution in [3.05, 3.63) is 52.4 Å². The molecule has 1 atom stereocenters. The van der Waals surface area contributed by atoms with Crippen molar-refractivity contribution in [1.29, 1.82) is 0 Å². The number of thiophene rings is 1. The summed E-state index contributed by atoms with van der Waals surface area (Å²) in [6.45, 7) is 11.4. The third-order valence-electron chi connectivity index (χ3n) is 4.14. The van der Waals surface area contributed by atoms with Crippen molar-refractivity contribution in [1.82, 2.24) is 0 Å². The molecule has 120 valence electrons. The maximum Gasteiger partial charge on any atom is 0.0601 e. The molecule has 0 fully saturated rings. The van der Waals surface area contributed by atoms with E-state index < -0.39 is 0 Å². The van der Waals surface area contributed by atoms with E-state index in [0.29, 0.717) is 17.8 Å². The minimum atomic E-state index is 0.619. The summed E-state index contributed by atoms with van der Waals surface area (Å²) in [6, 6.07) is 13.8. The molecule has 2 rings (SSSR count). The number of rotatable bonds is 7. The van der Waals surface area contributed by atoms with Crippen LogP contribution in [-0.4, -0.2) is 5.75 Å². The Morgan fingerprint density at radius 3 is 2.00 bits per heavy atom. The zero-order chi connectivity index (χ0) is 16.1. The molecule has 2 heteroatoms. The molecule has 0 aliphatic heterocycles. The van der Waals surface area contributed by atoms with Gasteiger partial charge >= 0.3 is 0 Å². The molecule has 0 amide bonds. The van der Waals surface area contributed by atoms with Crippen LogP contribution in [0.15, 0.2) is 40.6 Å². The van der Waals surface area contributed by atoms with Crippen LogP contribution < -0.4 is 0 Å². The summed E-state index contributed by atoms with van der Waals surface area (Å²) in [6.07, 6.45) is 1.24. The van der Waals surface area contributed by atoms with E-state index in [1.165, 1.54) is 32.4 Å². The van der Waals surface area contributed by atoms with E-state index in [1.54, 1.807) is 0 Å². The van der Waals surface area contributed by atoms with Gasteiger partial charge in [-0.3, -0.25) is 0 Å². The molecule has 0 radical (unpaired) electrons. The molecule has 0 aliphatic carbocycles. The highest BCUT2D eigenvalue weighted by molar-refractivity contribution is 8.01. The van der Waals surface area contributed by atoms with E-state index in [-0.39, 0.29) is 0 Å². The van der Waals surface area contributed by atoms with Crippen molar-refractivity contribution in [3.63, 3.8) is 0 Å². The molecule has 2 aromatic rings. The topological polar surface area (TPSA) is 0 Å². The van der Waals surface area contributed by atoms with Crippen LogP contribution in [0.25, 0.3) is 0 Å². The van der Waals surface area contributed by atoms with Crippen LogP contribution in [0.4, 0.5) is 0 Å². The van der Waals surface area contributed by atoms with Gasteiger partial charge in [0.1, 0.15) is 0 Å². The molecule has 1 aromatic heterocycles. The van der Waals surface area contributed by atoms with E-state index in [2.05, 4.69) is 71.0 Å². The van der Waals surface area contributed by atoms with Crippen LogP contribution in [0.1, 0.15) is 74.8 Å². The molecular formula is C20H28S2. The maximum absolute atomic E-state index is 2.35. The zero-order valence-corrected chi connectivity index (χ0v) is 16.1. The van der Waals surface area contributed by atoms with Gasteiger partial charge in [0.25, 0.3) is 0 Å². The Kier molecular flexibility index (Phi) is 6.58. The molecule has 0 spiro atoms. The summed E-state index contributed by atoms with van der Waals surface area (Å²) < 4.78 is 1.46. The van der Waals surface area contributed by atoms with E-state index in [0.717, 1.165) is 0 Å². The predicted octanol–water partition coefficient (Wildman–Crippen LogP) is 7.28. The second kappa shape index (κ2) is 8.21. The highest BCUT2D eigenvalue weighted by Crippen LogP contribution is 2.33. The molecule has 0 aliphatic rings. The largest absolute Gasteiger partial charge is 0.134 e. The van der Waals surface area contributed by atoms with Crippen LogP contribution in [0.5, 0.6) is 0 Å². The summed E-state index contributed by atoms with van der Waals surface area (Å²) in [7, 11) is 0. The van der Waals surface area contributed by atoms with Crippen LogP contribution in [0.3, 0.4) is 0 Å². The van der Waals surface area contributed by atoms with E-state index >= 15 is 0 Å². The molecule has 1 heterocycles. The molecule has 0 saturated heterocycles. The van der Waals surface area contributed by atoms with Gasteiger partial charge in [-0.2, -0.15) is 0 Å². The fraction of sp³-hybridized carbons (Fsp3) is 0.500. The molecule has 0 N–H and O–H groups in total. The van der Waals surface area contributed by atoms with Crippen molar-refractivity contribution >= 4 is 23.1 Å². The molecular weight excluding hydrogens is 304 g/mol. The van der Waals surface area contributed by atoms with Crippen molar-refractivity contribution in [2.75, 3.05) is 5.75 Å². The predicted molar refractivity (Wildman–Crippen MR) is 103 cm³/mol. The van der Waals surface area contributed by atoms with Gasteiger partial charge in [-0.25, -0.2) is 0 Å². The minimum Gasteiger partial charge on any atom is -0.134 e. The zero-order valence-electron chi connectivity index (χ0n) is 14.4. The Morgan fingerprint density at radius 2 is 1.45 bits per heavy atom. The third kappa shape index (κ3) is 4.89. The summed E-state index contributed by atoms with van der Waals surface area (Å²) in [5, 5.41) is 0. The lowest BCUT2D eigenvalue weighted by Crippen LogP contribution is -1.96. The summed E-state index contributed by atoms with van der Waals surface area (Å²) in [5.41, 5.74) is 2.91. The molecule has 0 nitrogen and oxygen atoms in total. The van der Waals surface area contributed by atoms with Gasteiger partial charge in [0, 0.05) is 4.88 Å². The lowest BCUT2D eigenvalue weighted by atomic mass is 9.95. The van der Waals surface area contributed by atoms with E-state index in [1.807, 2.05) is 23.1 Å². The fourth-order valence-corrected chi connectivity index (χ4v) is 4.79. The molecule has 0 saturated carbocycles.